The summed E-state index contributed by atoms with van der Waals surface area (Å²) in [4.78, 5) is 36.9. The van der Waals surface area contributed by atoms with Gasteiger partial charge in [-0.15, -0.1) is 0 Å². The molecule has 4 bridgehead atoms. The van der Waals surface area contributed by atoms with Gasteiger partial charge in [-0.2, -0.15) is 0 Å². The summed E-state index contributed by atoms with van der Waals surface area (Å²) in [6, 6.07) is 10.3. The van der Waals surface area contributed by atoms with Gasteiger partial charge < -0.3 is 9.15 Å². The molecule has 0 unspecified atom stereocenters. The maximum absolute atomic E-state index is 13.0. The Bertz CT molecular complexity index is 962. The third-order valence-corrected chi connectivity index (χ3v) is 7.35. The van der Waals surface area contributed by atoms with Crippen molar-refractivity contribution in [3.63, 3.8) is 0 Å². The Morgan fingerprint density at radius 2 is 1.53 bits per heavy atom. The molecule has 0 N–H and O–H groups in total. The van der Waals surface area contributed by atoms with Gasteiger partial charge in [0.05, 0.1) is 0 Å². The number of carbonyl (C=O) groups excluding carboxylic acids is 3. The monoisotopic (exact) mass is 406 g/mol. The Hall–Kier alpha value is -2.69. The second kappa shape index (κ2) is 7.22. The highest BCUT2D eigenvalue weighted by molar-refractivity contribution is 5.94. The van der Waals surface area contributed by atoms with Crippen LogP contribution >= 0.6 is 0 Å². The molecule has 0 atom stereocenters. The summed E-state index contributed by atoms with van der Waals surface area (Å²) in [5, 5.41) is 0. The topological polar surface area (TPSA) is 73.6 Å². The van der Waals surface area contributed by atoms with Crippen LogP contribution < -0.4 is 0 Å². The van der Waals surface area contributed by atoms with Gasteiger partial charge in [-0.05, 0) is 75.3 Å². The van der Waals surface area contributed by atoms with Crippen LogP contribution in [0.2, 0.25) is 0 Å². The lowest BCUT2D eigenvalue weighted by molar-refractivity contribution is -0.147. The molecule has 6 rings (SSSR count). The predicted octanol–water partition coefficient (Wildman–Crippen LogP) is 5.09. The van der Waals surface area contributed by atoms with Crippen LogP contribution in [0.1, 0.15) is 66.4 Å². The lowest BCUT2D eigenvalue weighted by atomic mass is 9.48. The number of benzene rings is 1. The number of esters is 1. The average Bonchev–Trinajstić information content (AvgIpc) is 3.21. The number of Topliss-reactive ketones (excluding diaryl/α,β-unsaturated/α-hetero) is 2. The maximum atomic E-state index is 13.0. The molecule has 0 saturated heterocycles. The molecule has 4 saturated carbocycles. The SMILES string of the molecule is CC(=O)c1ccc(-c2ccc(C(=O)OCC(=O)C34CC5CC(CC(C5)C3)C4)o2)cc1. The van der Waals surface area contributed by atoms with Crippen molar-refractivity contribution >= 4 is 17.5 Å². The van der Waals surface area contributed by atoms with Crippen LogP contribution in [-0.4, -0.2) is 24.1 Å². The molecule has 30 heavy (non-hydrogen) atoms. The van der Waals surface area contributed by atoms with Gasteiger partial charge in [0, 0.05) is 16.5 Å². The number of furan rings is 1. The second-order valence-corrected chi connectivity index (χ2v) is 9.49. The van der Waals surface area contributed by atoms with Crippen molar-refractivity contribution in [2.45, 2.75) is 45.4 Å². The Morgan fingerprint density at radius 1 is 0.933 bits per heavy atom. The third-order valence-electron chi connectivity index (χ3n) is 7.35. The molecule has 2 aromatic rings. The molecule has 1 aromatic heterocycles. The van der Waals surface area contributed by atoms with E-state index in [4.69, 9.17) is 9.15 Å². The van der Waals surface area contributed by atoms with E-state index in [9.17, 15) is 14.4 Å². The minimum Gasteiger partial charge on any atom is -0.452 e. The maximum Gasteiger partial charge on any atom is 0.374 e. The zero-order valence-electron chi connectivity index (χ0n) is 17.2. The molecule has 156 valence electrons. The molecule has 4 fully saturated rings. The first kappa shape index (κ1) is 19.3. The van der Waals surface area contributed by atoms with Gasteiger partial charge in [-0.3, -0.25) is 9.59 Å². The number of rotatable bonds is 6. The number of ketones is 2. The molecule has 1 aromatic carbocycles. The summed E-state index contributed by atoms with van der Waals surface area (Å²) < 4.78 is 11.0. The lowest BCUT2D eigenvalue weighted by Crippen LogP contribution is -2.51. The van der Waals surface area contributed by atoms with E-state index < -0.39 is 5.97 Å². The number of hydrogen-bond acceptors (Lipinski definition) is 5. The van der Waals surface area contributed by atoms with Crippen molar-refractivity contribution in [1.29, 1.82) is 0 Å². The molecule has 5 heteroatoms. The van der Waals surface area contributed by atoms with Crippen LogP contribution in [0.3, 0.4) is 0 Å². The van der Waals surface area contributed by atoms with Gasteiger partial charge in [0.15, 0.2) is 18.2 Å². The second-order valence-electron chi connectivity index (χ2n) is 9.49. The lowest BCUT2D eigenvalue weighted by Gasteiger charge is -2.55. The minimum atomic E-state index is -0.611. The van der Waals surface area contributed by atoms with Gasteiger partial charge in [0.25, 0.3) is 0 Å². The zero-order chi connectivity index (χ0) is 20.9. The summed E-state index contributed by atoms with van der Waals surface area (Å²) >= 11 is 0. The van der Waals surface area contributed by atoms with E-state index in [1.165, 1.54) is 26.2 Å². The number of carbonyl (C=O) groups is 3. The molecular weight excluding hydrogens is 380 g/mol. The fraction of sp³-hybridized carbons (Fsp3) is 0.480. The normalized spacial score (nSPS) is 29.0. The summed E-state index contributed by atoms with van der Waals surface area (Å²) in [5.74, 6) is 2.10. The van der Waals surface area contributed by atoms with Crippen molar-refractivity contribution in [3.8, 4) is 11.3 Å². The van der Waals surface area contributed by atoms with E-state index in [0.29, 0.717) is 29.1 Å². The van der Waals surface area contributed by atoms with Gasteiger partial charge in [-0.25, -0.2) is 4.79 Å². The molecular formula is C25H26O5. The largest absolute Gasteiger partial charge is 0.452 e. The molecule has 4 aliphatic carbocycles. The Kier molecular flexibility index (Phi) is 4.64. The van der Waals surface area contributed by atoms with Crippen LogP contribution in [0, 0.1) is 23.2 Å². The highest BCUT2D eigenvalue weighted by atomic mass is 16.5. The summed E-state index contributed by atoms with van der Waals surface area (Å²) in [6.45, 7) is 1.34. The zero-order valence-corrected chi connectivity index (χ0v) is 17.2. The van der Waals surface area contributed by atoms with Gasteiger partial charge >= 0.3 is 5.97 Å². The number of hydrogen-bond donors (Lipinski definition) is 0. The van der Waals surface area contributed by atoms with E-state index >= 15 is 0 Å². The van der Waals surface area contributed by atoms with E-state index in [1.807, 2.05) is 0 Å². The summed E-state index contributed by atoms with van der Waals surface area (Å²) in [6.07, 6.45) is 6.72. The van der Waals surface area contributed by atoms with Crippen LogP contribution in [0.25, 0.3) is 11.3 Å². The number of ether oxygens (including phenoxy) is 1. The van der Waals surface area contributed by atoms with Gasteiger partial charge in [0.1, 0.15) is 5.76 Å². The van der Waals surface area contributed by atoms with E-state index in [1.54, 1.807) is 36.4 Å². The molecule has 5 nitrogen and oxygen atoms in total. The smallest absolute Gasteiger partial charge is 0.374 e. The van der Waals surface area contributed by atoms with Crippen LogP contribution in [-0.2, 0) is 9.53 Å². The fourth-order valence-electron chi connectivity index (χ4n) is 6.28. The van der Waals surface area contributed by atoms with Crippen LogP contribution in [0.4, 0.5) is 0 Å². The van der Waals surface area contributed by atoms with E-state index in [-0.39, 0.29) is 29.3 Å². The van der Waals surface area contributed by atoms with Crippen LogP contribution in [0.15, 0.2) is 40.8 Å². The summed E-state index contributed by atoms with van der Waals surface area (Å²) in [5.41, 5.74) is 1.12. The Balaban J connectivity index is 1.22. The molecule has 0 radical (unpaired) electrons. The van der Waals surface area contributed by atoms with E-state index in [2.05, 4.69) is 0 Å². The molecule has 0 amide bonds. The Morgan fingerprint density at radius 3 is 2.10 bits per heavy atom. The van der Waals surface area contributed by atoms with Gasteiger partial charge in [-0.1, -0.05) is 24.3 Å². The third kappa shape index (κ3) is 3.40. The van der Waals surface area contributed by atoms with Gasteiger partial charge in [0.2, 0.25) is 5.76 Å². The predicted molar refractivity (Wildman–Crippen MR) is 110 cm³/mol. The van der Waals surface area contributed by atoms with Crippen molar-refractivity contribution in [2.75, 3.05) is 6.61 Å². The first-order chi connectivity index (χ1) is 14.4. The highest BCUT2D eigenvalue weighted by Crippen LogP contribution is 2.60. The standard InChI is InChI=1S/C25H26O5/c1-15(26)19-2-4-20(5-3-19)21-6-7-22(30-21)24(28)29-14-23(27)25-11-16-8-17(12-25)10-18(9-16)13-25/h2-7,16-18H,8-14H2,1H3. The van der Waals surface area contributed by atoms with Crippen molar-refractivity contribution in [1.82, 2.24) is 0 Å². The quantitative estimate of drug-likeness (QED) is 0.493. The summed E-state index contributed by atoms with van der Waals surface area (Å²) in [7, 11) is 0. The van der Waals surface area contributed by atoms with Crippen molar-refractivity contribution in [3.05, 3.63) is 47.7 Å². The first-order valence-corrected chi connectivity index (χ1v) is 10.8. The van der Waals surface area contributed by atoms with Crippen molar-refractivity contribution < 1.29 is 23.5 Å². The molecule has 1 heterocycles. The first-order valence-electron chi connectivity index (χ1n) is 10.8. The Labute approximate surface area is 175 Å². The molecule has 4 aliphatic rings. The average molecular weight is 406 g/mol. The fourth-order valence-corrected chi connectivity index (χ4v) is 6.28. The van der Waals surface area contributed by atoms with E-state index in [0.717, 1.165) is 24.8 Å². The molecule has 0 spiro atoms. The minimum absolute atomic E-state index is 0.00560. The van der Waals surface area contributed by atoms with Crippen molar-refractivity contribution in [2.24, 2.45) is 23.2 Å². The van der Waals surface area contributed by atoms with Crippen LogP contribution in [0.5, 0.6) is 0 Å². The highest BCUT2D eigenvalue weighted by Gasteiger charge is 2.54. The molecule has 0 aliphatic heterocycles.